The van der Waals surface area contributed by atoms with E-state index < -0.39 is 0 Å². The van der Waals surface area contributed by atoms with Crippen LogP contribution in [0.2, 0.25) is 0 Å². The summed E-state index contributed by atoms with van der Waals surface area (Å²) in [5, 5.41) is 6.59. The molecule has 3 rings (SSSR count). The van der Waals surface area contributed by atoms with Crippen LogP contribution in [0.5, 0.6) is 0 Å². The van der Waals surface area contributed by atoms with Gasteiger partial charge >= 0.3 is 0 Å². The van der Waals surface area contributed by atoms with E-state index >= 15 is 0 Å². The number of hydrogen-bond donors (Lipinski definition) is 2. The molecule has 2 aliphatic rings. The lowest BCUT2D eigenvalue weighted by Crippen LogP contribution is -2.50. The summed E-state index contributed by atoms with van der Waals surface area (Å²) in [6.45, 7) is 0.985. The van der Waals surface area contributed by atoms with Crippen molar-refractivity contribution >= 4 is 18.3 Å². The molecular weight excluding hydrogens is 296 g/mol. The zero-order chi connectivity index (χ0) is 14.5. The van der Waals surface area contributed by atoms with Crippen molar-refractivity contribution in [3.63, 3.8) is 0 Å². The predicted molar refractivity (Wildman–Crippen MR) is 92.5 cm³/mol. The van der Waals surface area contributed by atoms with Gasteiger partial charge in [0, 0.05) is 6.04 Å². The number of carbonyl (C=O) groups excluding carboxylic acids is 1. The number of nitrogens with one attached hydrogen (secondary N) is 2. The molecule has 2 fully saturated rings. The zero-order valence-electron chi connectivity index (χ0n) is 13.1. The van der Waals surface area contributed by atoms with E-state index in [1.165, 1.54) is 31.2 Å². The Morgan fingerprint density at radius 2 is 1.73 bits per heavy atom. The van der Waals surface area contributed by atoms with Crippen LogP contribution in [0, 0.1) is 0 Å². The summed E-state index contributed by atoms with van der Waals surface area (Å²) in [5.74, 6) is 0.894. The van der Waals surface area contributed by atoms with Crippen LogP contribution >= 0.6 is 12.4 Å². The second-order valence-electron chi connectivity index (χ2n) is 6.47. The molecule has 22 heavy (non-hydrogen) atoms. The van der Waals surface area contributed by atoms with Gasteiger partial charge in [0.2, 0.25) is 5.91 Å². The van der Waals surface area contributed by atoms with Gasteiger partial charge in [-0.25, -0.2) is 0 Å². The predicted octanol–water partition coefficient (Wildman–Crippen LogP) is 3.39. The van der Waals surface area contributed by atoms with Crippen LogP contribution in [0.3, 0.4) is 0 Å². The fraction of sp³-hybridized carbons (Fsp3) is 0.611. The molecule has 3 nitrogen and oxygen atoms in total. The summed E-state index contributed by atoms with van der Waals surface area (Å²) in [7, 11) is 0. The van der Waals surface area contributed by atoms with Crippen molar-refractivity contribution in [3.8, 4) is 0 Å². The number of rotatable bonds is 3. The summed E-state index contributed by atoms with van der Waals surface area (Å²) >= 11 is 0. The van der Waals surface area contributed by atoms with Crippen molar-refractivity contribution < 1.29 is 4.79 Å². The van der Waals surface area contributed by atoms with Gasteiger partial charge in [-0.3, -0.25) is 4.79 Å². The Labute approximate surface area is 139 Å². The van der Waals surface area contributed by atoms with Gasteiger partial charge in [0.15, 0.2) is 0 Å². The van der Waals surface area contributed by atoms with E-state index in [2.05, 4.69) is 41.0 Å². The van der Waals surface area contributed by atoms with Crippen molar-refractivity contribution in [2.24, 2.45) is 0 Å². The maximum atomic E-state index is 12.2. The van der Waals surface area contributed by atoms with E-state index in [9.17, 15) is 4.79 Å². The molecule has 4 heteroatoms. The minimum absolute atomic E-state index is 0. The molecule has 0 spiro atoms. The van der Waals surface area contributed by atoms with Crippen LogP contribution in [-0.2, 0) is 4.79 Å². The van der Waals surface area contributed by atoms with E-state index in [1.807, 2.05) is 0 Å². The van der Waals surface area contributed by atoms with Crippen molar-refractivity contribution in [1.29, 1.82) is 0 Å². The molecule has 1 aliphatic heterocycles. The van der Waals surface area contributed by atoms with E-state index in [4.69, 9.17) is 0 Å². The third kappa shape index (κ3) is 4.47. The van der Waals surface area contributed by atoms with Crippen molar-refractivity contribution in [2.45, 2.75) is 62.9 Å². The highest BCUT2D eigenvalue weighted by molar-refractivity contribution is 5.85. The SMILES string of the molecule is Cl.O=C(NC1CCC(c2ccccc2)CC1)[C@H]1CCCCN1. The number of hydrogen-bond acceptors (Lipinski definition) is 2. The largest absolute Gasteiger partial charge is 0.352 e. The summed E-state index contributed by atoms with van der Waals surface area (Å²) < 4.78 is 0. The number of halogens is 1. The van der Waals surface area contributed by atoms with Crippen LogP contribution in [-0.4, -0.2) is 24.5 Å². The molecule has 1 heterocycles. The average Bonchev–Trinajstić information content (AvgIpc) is 2.57. The van der Waals surface area contributed by atoms with Crippen molar-refractivity contribution in [1.82, 2.24) is 10.6 Å². The number of amides is 1. The first kappa shape index (κ1) is 17.3. The Balaban J connectivity index is 0.00000176. The molecule has 122 valence electrons. The maximum Gasteiger partial charge on any atom is 0.237 e. The van der Waals surface area contributed by atoms with Crippen LogP contribution in [0.15, 0.2) is 30.3 Å². The van der Waals surface area contributed by atoms with Gasteiger partial charge in [-0.15, -0.1) is 12.4 Å². The fourth-order valence-electron chi connectivity index (χ4n) is 3.67. The van der Waals surface area contributed by atoms with E-state index in [0.29, 0.717) is 12.0 Å². The Hall–Kier alpha value is -1.06. The lowest BCUT2D eigenvalue weighted by atomic mass is 9.81. The molecule has 1 aromatic rings. The number of benzene rings is 1. The lowest BCUT2D eigenvalue weighted by molar-refractivity contribution is -0.124. The summed E-state index contributed by atoms with van der Waals surface area (Å²) in [6.07, 6.45) is 7.96. The Morgan fingerprint density at radius 1 is 1.00 bits per heavy atom. The highest BCUT2D eigenvalue weighted by Crippen LogP contribution is 2.32. The molecule has 1 saturated carbocycles. The van der Waals surface area contributed by atoms with Crippen molar-refractivity contribution in [2.75, 3.05) is 6.54 Å². The van der Waals surface area contributed by atoms with Crippen LogP contribution < -0.4 is 10.6 Å². The van der Waals surface area contributed by atoms with E-state index in [-0.39, 0.29) is 24.4 Å². The molecule has 1 saturated heterocycles. The summed E-state index contributed by atoms with van der Waals surface area (Å²) in [5.41, 5.74) is 1.45. The third-order valence-electron chi connectivity index (χ3n) is 4.97. The van der Waals surface area contributed by atoms with Gasteiger partial charge in [-0.1, -0.05) is 36.8 Å². The zero-order valence-corrected chi connectivity index (χ0v) is 13.9. The Kier molecular flexibility index (Phi) is 6.71. The lowest BCUT2D eigenvalue weighted by Gasteiger charge is -2.31. The minimum atomic E-state index is 0. The molecule has 1 aromatic carbocycles. The average molecular weight is 323 g/mol. The first-order valence-corrected chi connectivity index (χ1v) is 8.41. The first-order valence-electron chi connectivity index (χ1n) is 8.41. The van der Waals surface area contributed by atoms with Crippen molar-refractivity contribution in [3.05, 3.63) is 35.9 Å². The minimum Gasteiger partial charge on any atom is -0.352 e. The highest BCUT2D eigenvalue weighted by atomic mass is 35.5. The molecule has 1 atom stereocenters. The first-order chi connectivity index (χ1) is 10.3. The van der Waals surface area contributed by atoms with E-state index in [1.54, 1.807) is 0 Å². The molecule has 0 aromatic heterocycles. The summed E-state index contributed by atoms with van der Waals surface area (Å²) in [6, 6.07) is 11.2. The van der Waals surface area contributed by atoms with Gasteiger partial charge in [0.05, 0.1) is 6.04 Å². The molecule has 2 N–H and O–H groups in total. The van der Waals surface area contributed by atoms with Gasteiger partial charge < -0.3 is 10.6 Å². The molecule has 0 bridgehead atoms. The normalized spacial score (nSPS) is 28.5. The smallest absolute Gasteiger partial charge is 0.237 e. The maximum absolute atomic E-state index is 12.2. The molecule has 0 radical (unpaired) electrons. The van der Waals surface area contributed by atoms with Gasteiger partial charge in [-0.2, -0.15) is 0 Å². The van der Waals surface area contributed by atoms with Crippen LogP contribution in [0.25, 0.3) is 0 Å². The second-order valence-corrected chi connectivity index (χ2v) is 6.47. The van der Waals surface area contributed by atoms with Gasteiger partial charge in [0.1, 0.15) is 0 Å². The Morgan fingerprint density at radius 3 is 2.36 bits per heavy atom. The van der Waals surface area contributed by atoms with E-state index in [0.717, 1.165) is 25.8 Å². The monoisotopic (exact) mass is 322 g/mol. The van der Waals surface area contributed by atoms with Crippen LogP contribution in [0.4, 0.5) is 0 Å². The summed E-state index contributed by atoms with van der Waals surface area (Å²) in [4.78, 5) is 12.2. The second kappa shape index (κ2) is 8.54. The highest BCUT2D eigenvalue weighted by Gasteiger charge is 2.26. The topological polar surface area (TPSA) is 41.1 Å². The molecular formula is C18H27ClN2O. The van der Waals surface area contributed by atoms with Gasteiger partial charge in [-0.05, 0) is 56.6 Å². The van der Waals surface area contributed by atoms with Crippen LogP contribution in [0.1, 0.15) is 56.4 Å². The quantitative estimate of drug-likeness (QED) is 0.895. The standard InChI is InChI=1S/C18H26N2O.ClH/c21-18(17-8-4-5-13-19-17)20-16-11-9-15(10-12-16)14-6-2-1-3-7-14;/h1-3,6-7,15-17,19H,4-5,8-13H2,(H,20,21);1H/t15?,16?,17-;/m1./s1. The van der Waals surface area contributed by atoms with Gasteiger partial charge in [0.25, 0.3) is 0 Å². The number of piperidine rings is 1. The molecule has 1 amide bonds. The third-order valence-corrected chi connectivity index (χ3v) is 4.97. The molecule has 0 unspecified atom stereocenters. The fourth-order valence-corrected chi connectivity index (χ4v) is 3.67. The Bertz CT molecular complexity index is 451. The number of carbonyl (C=O) groups is 1. The molecule has 1 aliphatic carbocycles.